The second kappa shape index (κ2) is 11.7. The molecule has 1 aromatic carbocycles. The van der Waals surface area contributed by atoms with E-state index in [0.29, 0.717) is 12.5 Å². The van der Waals surface area contributed by atoms with Crippen molar-refractivity contribution in [3.8, 4) is 0 Å². The molecule has 7 heteroatoms. The summed E-state index contributed by atoms with van der Waals surface area (Å²) in [7, 11) is 0. The molecule has 4 rings (SSSR count). The van der Waals surface area contributed by atoms with Crippen molar-refractivity contribution in [1.29, 1.82) is 0 Å². The first-order chi connectivity index (χ1) is 14.7. The highest BCUT2D eigenvalue weighted by atomic mass is 127. The zero-order chi connectivity index (χ0) is 20.8. The van der Waals surface area contributed by atoms with Crippen molar-refractivity contribution in [2.45, 2.75) is 57.9 Å². The van der Waals surface area contributed by atoms with Crippen LogP contribution < -0.4 is 10.6 Å². The van der Waals surface area contributed by atoms with E-state index >= 15 is 0 Å². The van der Waals surface area contributed by atoms with Crippen LogP contribution in [0.25, 0.3) is 11.0 Å². The summed E-state index contributed by atoms with van der Waals surface area (Å²) in [5, 5.41) is 8.00. The molecule has 170 valence electrons. The fourth-order valence-electron chi connectivity index (χ4n) is 4.64. The molecule has 2 fully saturated rings. The van der Waals surface area contributed by atoms with Gasteiger partial charge in [0.1, 0.15) is 11.3 Å². The quantitative estimate of drug-likeness (QED) is 0.327. The van der Waals surface area contributed by atoms with Crippen LogP contribution in [-0.4, -0.2) is 49.0 Å². The van der Waals surface area contributed by atoms with Crippen molar-refractivity contribution >= 4 is 46.8 Å². The average molecular weight is 538 g/mol. The van der Waals surface area contributed by atoms with Gasteiger partial charge >= 0.3 is 0 Å². The van der Waals surface area contributed by atoms with Crippen LogP contribution in [0.2, 0.25) is 0 Å². The largest absolute Gasteiger partial charge is 0.461 e. The zero-order valence-electron chi connectivity index (χ0n) is 18.4. The Labute approximate surface area is 202 Å². The highest BCUT2D eigenvalue weighted by Crippen LogP contribution is 2.26. The van der Waals surface area contributed by atoms with Crippen LogP contribution in [0.3, 0.4) is 0 Å². The first-order valence-electron chi connectivity index (χ1n) is 11.5. The van der Waals surface area contributed by atoms with Crippen LogP contribution in [-0.2, 0) is 11.2 Å². The number of nitrogens with zero attached hydrogens (tertiary/aromatic N) is 2. The van der Waals surface area contributed by atoms with Gasteiger partial charge in [-0.2, -0.15) is 0 Å². The third-order valence-corrected chi connectivity index (χ3v) is 6.24. The number of rotatable bonds is 6. The number of nitrogens with one attached hydrogen (secondary N) is 2. The van der Waals surface area contributed by atoms with E-state index in [1.807, 2.05) is 18.2 Å². The van der Waals surface area contributed by atoms with Crippen molar-refractivity contribution in [2.75, 3.05) is 26.2 Å². The highest BCUT2D eigenvalue weighted by Gasteiger charge is 2.31. The number of carbonyl (C=O) groups excluding carboxylic acids is 1. The Morgan fingerprint density at radius 1 is 1.19 bits per heavy atom. The summed E-state index contributed by atoms with van der Waals surface area (Å²) in [5.41, 5.74) is 0.926. The van der Waals surface area contributed by atoms with Gasteiger partial charge in [0, 0.05) is 49.9 Å². The maximum Gasteiger partial charge on any atom is 0.225 e. The van der Waals surface area contributed by atoms with Crippen molar-refractivity contribution in [2.24, 2.45) is 10.9 Å². The molecule has 2 heterocycles. The van der Waals surface area contributed by atoms with Crippen molar-refractivity contribution in [1.82, 2.24) is 15.5 Å². The molecule has 1 saturated carbocycles. The van der Waals surface area contributed by atoms with Gasteiger partial charge in [0.25, 0.3) is 0 Å². The second-order valence-electron chi connectivity index (χ2n) is 8.51. The third kappa shape index (κ3) is 6.37. The van der Waals surface area contributed by atoms with Gasteiger partial charge in [0.15, 0.2) is 5.96 Å². The lowest BCUT2D eigenvalue weighted by Gasteiger charge is -2.26. The fourth-order valence-corrected chi connectivity index (χ4v) is 4.64. The van der Waals surface area contributed by atoms with Gasteiger partial charge < -0.3 is 20.0 Å². The van der Waals surface area contributed by atoms with Crippen molar-refractivity contribution in [3.63, 3.8) is 0 Å². The predicted octanol–water partition coefficient (Wildman–Crippen LogP) is 4.33. The Morgan fingerprint density at radius 3 is 2.77 bits per heavy atom. The molecule has 2 N–H and O–H groups in total. The number of benzene rings is 1. The monoisotopic (exact) mass is 538 g/mol. The van der Waals surface area contributed by atoms with E-state index in [9.17, 15) is 4.79 Å². The van der Waals surface area contributed by atoms with Crippen LogP contribution in [0.5, 0.6) is 0 Å². The van der Waals surface area contributed by atoms with E-state index in [-0.39, 0.29) is 35.9 Å². The zero-order valence-corrected chi connectivity index (χ0v) is 20.8. The van der Waals surface area contributed by atoms with E-state index < -0.39 is 0 Å². The fraction of sp³-hybridized carbons (Fsp3) is 0.583. The number of halogens is 1. The van der Waals surface area contributed by atoms with E-state index in [1.54, 1.807) is 0 Å². The Bertz CT molecular complexity index is 842. The molecule has 1 aliphatic heterocycles. The number of aliphatic imine (C=N–C) groups is 1. The van der Waals surface area contributed by atoms with Gasteiger partial charge in [0.05, 0.1) is 0 Å². The third-order valence-electron chi connectivity index (χ3n) is 6.24. The summed E-state index contributed by atoms with van der Waals surface area (Å²) in [4.78, 5) is 19.6. The van der Waals surface area contributed by atoms with Crippen LogP contribution in [0, 0.1) is 5.92 Å². The highest BCUT2D eigenvalue weighted by molar-refractivity contribution is 14.0. The number of hydrogen-bond donors (Lipinski definition) is 2. The number of carbonyl (C=O) groups is 1. The number of fused-ring (bicyclic) bond motifs is 1. The lowest BCUT2D eigenvalue weighted by molar-refractivity contribution is -0.135. The van der Waals surface area contributed by atoms with E-state index in [4.69, 9.17) is 9.41 Å². The minimum absolute atomic E-state index is 0. The minimum Gasteiger partial charge on any atom is -0.461 e. The molecule has 1 saturated heterocycles. The molecule has 31 heavy (non-hydrogen) atoms. The summed E-state index contributed by atoms with van der Waals surface area (Å²) in [6, 6.07) is 10.4. The van der Waals surface area contributed by atoms with E-state index in [0.717, 1.165) is 68.0 Å². The minimum atomic E-state index is 0. The number of furan rings is 1. The Kier molecular flexibility index (Phi) is 9.04. The maximum absolute atomic E-state index is 12.8. The number of likely N-dealkylation sites (tertiary alicyclic amines) is 1. The molecular formula is C24H35IN4O2. The Balaban J connectivity index is 0.00000272. The second-order valence-corrected chi connectivity index (χ2v) is 8.51. The van der Waals surface area contributed by atoms with Gasteiger partial charge in [-0.1, -0.05) is 37.5 Å². The van der Waals surface area contributed by atoms with Gasteiger partial charge in [0.2, 0.25) is 5.91 Å². The molecule has 6 nitrogen and oxygen atoms in total. The first-order valence-corrected chi connectivity index (χ1v) is 11.5. The lowest BCUT2D eigenvalue weighted by Crippen LogP contribution is -2.45. The summed E-state index contributed by atoms with van der Waals surface area (Å²) in [6.07, 6.45) is 7.57. The molecule has 1 amide bonds. The molecule has 1 unspecified atom stereocenters. The first kappa shape index (κ1) is 23.9. The summed E-state index contributed by atoms with van der Waals surface area (Å²) < 4.78 is 5.89. The van der Waals surface area contributed by atoms with Crippen LogP contribution >= 0.6 is 24.0 Å². The van der Waals surface area contributed by atoms with Gasteiger partial charge in [-0.05, 0) is 38.3 Å². The lowest BCUT2D eigenvalue weighted by atomic mass is 9.88. The summed E-state index contributed by atoms with van der Waals surface area (Å²) in [5.74, 6) is 2.40. The van der Waals surface area contributed by atoms with Crippen molar-refractivity contribution in [3.05, 3.63) is 36.1 Å². The number of guanidine groups is 1. The number of amides is 1. The molecule has 1 aromatic heterocycles. The smallest absolute Gasteiger partial charge is 0.225 e. The molecule has 0 spiro atoms. The molecular weight excluding hydrogens is 503 g/mol. The standard InChI is InChI=1S/C24H34N4O2.HI/c1-2-25-24(26-14-12-21-16-19-10-6-7-11-22(19)30-21)27-20-13-15-28(17-20)23(29)18-8-4-3-5-9-18;/h6-7,10-11,16,18,20H,2-5,8-9,12-15,17H2,1H3,(H2,25,26,27);1H. The van der Waals surface area contributed by atoms with Crippen LogP contribution in [0.1, 0.15) is 51.2 Å². The Morgan fingerprint density at radius 2 is 2.00 bits per heavy atom. The molecule has 0 bridgehead atoms. The van der Waals surface area contributed by atoms with Gasteiger partial charge in [-0.3, -0.25) is 9.79 Å². The van der Waals surface area contributed by atoms with Gasteiger partial charge in [-0.25, -0.2) is 0 Å². The van der Waals surface area contributed by atoms with Crippen LogP contribution in [0.15, 0.2) is 39.7 Å². The molecule has 2 aliphatic rings. The van der Waals surface area contributed by atoms with E-state index in [2.05, 4.69) is 34.6 Å². The average Bonchev–Trinajstić information content (AvgIpc) is 3.40. The SMILES string of the molecule is CCNC(=NCCc1cc2ccccc2o1)NC1CCN(C(=O)C2CCCCC2)C1.I. The maximum atomic E-state index is 12.8. The molecule has 1 aliphatic carbocycles. The number of para-hydroxylation sites is 1. The topological polar surface area (TPSA) is 69.9 Å². The van der Waals surface area contributed by atoms with Gasteiger partial charge in [-0.15, -0.1) is 24.0 Å². The molecule has 2 aromatic rings. The summed E-state index contributed by atoms with van der Waals surface area (Å²) >= 11 is 0. The normalized spacial score (nSPS) is 20.0. The van der Waals surface area contributed by atoms with E-state index in [1.165, 1.54) is 19.3 Å². The van der Waals surface area contributed by atoms with Crippen LogP contribution in [0.4, 0.5) is 0 Å². The Hall–Kier alpha value is -1.77. The summed E-state index contributed by atoms with van der Waals surface area (Å²) in [6.45, 7) is 5.18. The number of hydrogen-bond acceptors (Lipinski definition) is 3. The molecule has 1 atom stereocenters. The van der Waals surface area contributed by atoms with Crippen molar-refractivity contribution < 1.29 is 9.21 Å². The predicted molar refractivity (Wildman–Crippen MR) is 136 cm³/mol. The molecule has 0 radical (unpaired) electrons.